The number of hydrogen-bond donors (Lipinski definition) is 0. The quantitative estimate of drug-likeness (QED) is 0.635. The maximum Gasteiger partial charge on any atom is 0.194 e. The minimum Gasteiger partial charge on any atom is -0.294 e. The smallest absolute Gasteiger partial charge is 0.194 e. The van der Waals surface area contributed by atoms with Crippen molar-refractivity contribution in [1.82, 2.24) is 9.38 Å². The second kappa shape index (κ2) is 3.43. The number of imidazole rings is 1. The first-order chi connectivity index (χ1) is 7.66. The molecule has 0 radical (unpaired) electrons. The number of aromatic nitrogens is 2. The van der Waals surface area contributed by atoms with Gasteiger partial charge in [-0.25, -0.2) is 4.98 Å². The van der Waals surface area contributed by atoms with Crippen LogP contribution in [0.5, 0.6) is 0 Å². The van der Waals surface area contributed by atoms with Crippen LogP contribution in [0.2, 0.25) is 0 Å². The highest BCUT2D eigenvalue weighted by atomic mass is 32.1. The molecule has 0 aliphatic heterocycles. The summed E-state index contributed by atoms with van der Waals surface area (Å²) in [5, 5.41) is 2.12. The number of rotatable bonds is 1. The van der Waals surface area contributed by atoms with Crippen molar-refractivity contribution in [1.29, 1.82) is 0 Å². The summed E-state index contributed by atoms with van der Waals surface area (Å²) in [5.41, 5.74) is 3.71. The highest BCUT2D eigenvalue weighted by Gasteiger charge is 2.12. The van der Waals surface area contributed by atoms with Crippen molar-refractivity contribution >= 4 is 27.6 Å². The van der Waals surface area contributed by atoms with Gasteiger partial charge in [0.15, 0.2) is 4.96 Å². The first-order valence-electron chi connectivity index (χ1n) is 5.16. The van der Waals surface area contributed by atoms with Crippen LogP contribution in [0.25, 0.3) is 15.5 Å². The Morgan fingerprint density at radius 2 is 2.06 bits per heavy atom. The first-order valence-corrected chi connectivity index (χ1v) is 6.86. The van der Waals surface area contributed by atoms with Crippen LogP contribution in [0.3, 0.4) is 0 Å². The largest absolute Gasteiger partial charge is 0.294 e. The minimum atomic E-state index is 1.10. The van der Waals surface area contributed by atoms with E-state index >= 15 is 0 Å². The summed E-state index contributed by atoms with van der Waals surface area (Å²) < 4.78 is 2.19. The summed E-state index contributed by atoms with van der Waals surface area (Å²) in [6.07, 6.45) is 2.15. The number of aryl methyl sites for hydroxylation is 3. The van der Waals surface area contributed by atoms with Crippen molar-refractivity contribution in [2.24, 2.45) is 0 Å². The molecule has 0 atom stereocenters. The maximum atomic E-state index is 4.69. The third kappa shape index (κ3) is 1.33. The molecule has 0 aromatic carbocycles. The van der Waals surface area contributed by atoms with E-state index in [4.69, 9.17) is 0 Å². The molecule has 2 nitrogen and oxygen atoms in total. The van der Waals surface area contributed by atoms with E-state index in [2.05, 4.69) is 47.8 Å². The van der Waals surface area contributed by atoms with Crippen molar-refractivity contribution in [2.45, 2.75) is 20.8 Å². The van der Waals surface area contributed by atoms with Gasteiger partial charge in [0, 0.05) is 16.8 Å². The minimum absolute atomic E-state index is 1.10. The number of nitrogens with zero attached hydrogens (tertiary/aromatic N) is 2. The van der Waals surface area contributed by atoms with Crippen molar-refractivity contribution in [3.8, 4) is 10.6 Å². The molecule has 3 rings (SSSR count). The molecule has 0 saturated carbocycles. The molecule has 3 heterocycles. The summed E-state index contributed by atoms with van der Waals surface area (Å²) in [6, 6.07) is 2.14. The Balaban J connectivity index is 2.24. The molecular formula is C12H12N2S2. The molecule has 0 aliphatic rings. The van der Waals surface area contributed by atoms with Crippen LogP contribution in [0.1, 0.15) is 16.1 Å². The fourth-order valence-electron chi connectivity index (χ4n) is 1.80. The topological polar surface area (TPSA) is 17.3 Å². The lowest BCUT2D eigenvalue weighted by Gasteiger charge is -1.93. The SMILES string of the molecule is Cc1ccsc1-c1cn2c(C)c(C)sc2n1. The average Bonchev–Trinajstić information content (AvgIpc) is 2.87. The van der Waals surface area contributed by atoms with Crippen molar-refractivity contribution in [3.63, 3.8) is 0 Å². The van der Waals surface area contributed by atoms with Crippen molar-refractivity contribution in [3.05, 3.63) is 33.8 Å². The summed E-state index contributed by atoms with van der Waals surface area (Å²) >= 11 is 3.52. The van der Waals surface area contributed by atoms with Gasteiger partial charge in [-0.3, -0.25) is 4.40 Å². The number of thiophene rings is 1. The van der Waals surface area contributed by atoms with Gasteiger partial charge in [0.2, 0.25) is 0 Å². The zero-order valence-electron chi connectivity index (χ0n) is 9.44. The van der Waals surface area contributed by atoms with Gasteiger partial charge in [0.25, 0.3) is 0 Å². The molecule has 0 spiro atoms. The Labute approximate surface area is 102 Å². The van der Waals surface area contributed by atoms with Crippen LogP contribution >= 0.6 is 22.7 Å². The van der Waals surface area contributed by atoms with Crippen molar-refractivity contribution < 1.29 is 0 Å². The van der Waals surface area contributed by atoms with E-state index in [1.165, 1.54) is 21.0 Å². The molecule has 4 heteroatoms. The molecule has 0 amide bonds. The third-order valence-electron chi connectivity index (χ3n) is 2.88. The number of fused-ring (bicyclic) bond motifs is 1. The van der Waals surface area contributed by atoms with Crippen molar-refractivity contribution in [2.75, 3.05) is 0 Å². The first kappa shape index (κ1) is 10.1. The van der Waals surface area contributed by atoms with E-state index in [9.17, 15) is 0 Å². The van der Waals surface area contributed by atoms with Crippen LogP contribution in [0.4, 0.5) is 0 Å². The molecule has 0 fully saturated rings. The van der Waals surface area contributed by atoms with Gasteiger partial charge in [-0.05, 0) is 37.8 Å². The lowest BCUT2D eigenvalue weighted by Crippen LogP contribution is -1.81. The van der Waals surface area contributed by atoms with E-state index in [1.807, 2.05) is 0 Å². The molecule has 0 aliphatic carbocycles. The Kier molecular flexibility index (Phi) is 2.16. The van der Waals surface area contributed by atoms with Gasteiger partial charge in [-0.2, -0.15) is 0 Å². The van der Waals surface area contributed by atoms with E-state index in [1.54, 1.807) is 22.7 Å². The van der Waals surface area contributed by atoms with Crippen LogP contribution in [0, 0.1) is 20.8 Å². The molecule has 3 aromatic heterocycles. The maximum absolute atomic E-state index is 4.69. The Morgan fingerprint density at radius 3 is 2.69 bits per heavy atom. The second-order valence-electron chi connectivity index (χ2n) is 3.96. The normalized spacial score (nSPS) is 11.4. The molecular weight excluding hydrogens is 236 g/mol. The number of hydrogen-bond acceptors (Lipinski definition) is 3. The van der Waals surface area contributed by atoms with Gasteiger partial charge < -0.3 is 0 Å². The third-order valence-corrected chi connectivity index (χ3v) is 4.99. The average molecular weight is 248 g/mol. The second-order valence-corrected chi connectivity index (χ2v) is 6.05. The summed E-state index contributed by atoms with van der Waals surface area (Å²) in [4.78, 5) is 8.41. The van der Waals surface area contributed by atoms with Gasteiger partial charge in [-0.1, -0.05) is 0 Å². The number of thiazole rings is 1. The zero-order chi connectivity index (χ0) is 11.3. The Morgan fingerprint density at radius 1 is 1.25 bits per heavy atom. The summed E-state index contributed by atoms with van der Waals surface area (Å²) in [7, 11) is 0. The Hall–Kier alpha value is -1.13. The molecule has 0 bridgehead atoms. The van der Waals surface area contributed by atoms with Gasteiger partial charge >= 0.3 is 0 Å². The van der Waals surface area contributed by atoms with Crippen LogP contribution in [-0.4, -0.2) is 9.38 Å². The highest BCUT2D eigenvalue weighted by molar-refractivity contribution is 7.17. The van der Waals surface area contributed by atoms with Gasteiger partial charge in [0.05, 0.1) is 4.88 Å². The monoisotopic (exact) mass is 248 g/mol. The standard InChI is InChI=1S/C12H12N2S2/c1-7-4-5-15-11(7)10-6-14-8(2)9(3)16-12(14)13-10/h4-6H,1-3H3. The lowest BCUT2D eigenvalue weighted by atomic mass is 10.2. The fourth-order valence-corrected chi connectivity index (χ4v) is 3.63. The summed E-state index contributed by atoms with van der Waals surface area (Å²) in [5.74, 6) is 0. The Bertz CT molecular complexity index is 658. The van der Waals surface area contributed by atoms with Gasteiger partial charge in [-0.15, -0.1) is 22.7 Å². The zero-order valence-corrected chi connectivity index (χ0v) is 11.1. The fraction of sp³-hybridized carbons (Fsp3) is 0.250. The molecule has 0 N–H and O–H groups in total. The van der Waals surface area contributed by atoms with Crippen LogP contribution in [-0.2, 0) is 0 Å². The lowest BCUT2D eigenvalue weighted by molar-refractivity contribution is 1.11. The highest BCUT2D eigenvalue weighted by Crippen LogP contribution is 2.31. The summed E-state index contributed by atoms with van der Waals surface area (Å²) in [6.45, 7) is 6.42. The van der Waals surface area contributed by atoms with E-state index in [-0.39, 0.29) is 0 Å². The molecule has 0 saturated heterocycles. The predicted molar refractivity (Wildman–Crippen MR) is 70.6 cm³/mol. The predicted octanol–water partition coefficient (Wildman–Crippen LogP) is 4.05. The molecule has 16 heavy (non-hydrogen) atoms. The van der Waals surface area contributed by atoms with Crippen LogP contribution < -0.4 is 0 Å². The molecule has 3 aromatic rings. The van der Waals surface area contributed by atoms with Gasteiger partial charge in [0.1, 0.15) is 5.69 Å². The van der Waals surface area contributed by atoms with Crippen LogP contribution in [0.15, 0.2) is 17.6 Å². The molecule has 0 unspecified atom stereocenters. The van der Waals surface area contributed by atoms with E-state index in [0.717, 1.165) is 10.7 Å². The molecule has 82 valence electrons. The van der Waals surface area contributed by atoms with E-state index in [0.29, 0.717) is 0 Å². The van der Waals surface area contributed by atoms with E-state index < -0.39 is 0 Å².